The van der Waals surface area contributed by atoms with Crippen molar-refractivity contribution in [1.29, 1.82) is 0 Å². The summed E-state index contributed by atoms with van der Waals surface area (Å²) in [4.78, 5) is 12.4. The molecule has 144 valence electrons. The van der Waals surface area contributed by atoms with E-state index in [1.54, 1.807) is 13.8 Å². The maximum absolute atomic E-state index is 12.4. The van der Waals surface area contributed by atoms with Gasteiger partial charge in [-0.25, -0.2) is 4.79 Å². The van der Waals surface area contributed by atoms with Gasteiger partial charge in [-0.15, -0.1) is 0 Å². The maximum Gasteiger partial charge on any atom is 0.315 e. The van der Waals surface area contributed by atoms with Gasteiger partial charge in [0.25, 0.3) is 0 Å². The zero-order valence-corrected chi connectivity index (χ0v) is 16.9. The van der Waals surface area contributed by atoms with Gasteiger partial charge in [-0.05, 0) is 62.9 Å². The van der Waals surface area contributed by atoms with Crippen molar-refractivity contribution in [2.24, 2.45) is 0 Å². The second-order valence-electron chi connectivity index (χ2n) is 8.05. The molecule has 0 radical (unpaired) electrons. The molecule has 0 unspecified atom stereocenters. The van der Waals surface area contributed by atoms with Gasteiger partial charge in [-0.2, -0.15) is 0 Å². The third-order valence-electron chi connectivity index (χ3n) is 4.62. The highest BCUT2D eigenvalue weighted by Gasteiger charge is 2.23. The van der Waals surface area contributed by atoms with Crippen LogP contribution >= 0.6 is 0 Å². The largest absolute Gasteiger partial charge is 0.386 e. The van der Waals surface area contributed by atoms with Crippen LogP contribution in [0.4, 0.5) is 4.79 Å². The van der Waals surface area contributed by atoms with E-state index in [0.717, 1.165) is 27.8 Å². The average molecular weight is 367 g/mol. The van der Waals surface area contributed by atoms with Crippen molar-refractivity contribution in [3.05, 3.63) is 77.4 Å². The van der Waals surface area contributed by atoms with E-state index in [1.165, 1.54) is 0 Å². The van der Waals surface area contributed by atoms with Crippen molar-refractivity contribution >= 4 is 11.6 Å². The minimum absolute atomic E-state index is 0.229. The van der Waals surface area contributed by atoms with E-state index < -0.39 is 11.1 Å². The molecule has 3 N–H and O–H groups in total. The predicted octanol–water partition coefficient (Wildman–Crippen LogP) is 4.68. The summed E-state index contributed by atoms with van der Waals surface area (Å²) in [6.45, 7) is 13.8. The van der Waals surface area contributed by atoms with Crippen LogP contribution in [0, 0.1) is 0 Å². The Morgan fingerprint density at radius 1 is 1.04 bits per heavy atom. The molecule has 27 heavy (non-hydrogen) atoms. The molecule has 0 saturated carbocycles. The zero-order chi connectivity index (χ0) is 20.2. The summed E-state index contributed by atoms with van der Waals surface area (Å²) in [5.74, 6) is 0. The van der Waals surface area contributed by atoms with E-state index >= 15 is 0 Å². The van der Waals surface area contributed by atoms with Crippen molar-refractivity contribution < 1.29 is 9.90 Å². The molecular weight excluding hydrogens is 336 g/mol. The standard InChI is InChI=1S/C23H30N2O2/c1-16(2)18-8-7-9-20(14-18)22(3,4)25-21(26)24-15-17-10-12-19(13-11-17)23(5,6)27/h7-14,27H,1,15H2,2-6H3,(H2,24,25,26). The number of nitrogens with one attached hydrogen (secondary N) is 2. The van der Waals surface area contributed by atoms with Crippen LogP contribution in [-0.4, -0.2) is 11.1 Å². The van der Waals surface area contributed by atoms with Crippen LogP contribution in [0.25, 0.3) is 5.57 Å². The highest BCUT2D eigenvalue weighted by atomic mass is 16.3. The highest BCUT2D eigenvalue weighted by Crippen LogP contribution is 2.23. The first-order valence-electron chi connectivity index (χ1n) is 9.13. The number of amides is 2. The molecule has 2 aromatic rings. The van der Waals surface area contributed by atoms with Crippen LogP contribution in [0.3, 0.4) is 0 Å². The molecule has 2 amide bonds. The van der Waals surface area contributed by atoms with Gasteiger partial charge in [0.15, 0.2) is 0 Å². The fraction of sp³-hybridized carbons (Fsp3) is 0.348. The highest BCUT2D eigenvalue weighted by molar-refractivity contribution is 5.75. The van der Waals surface area contributed by atoms with Gasteiger partial charge in [0.1, 0.15) is 0 Å². The molecule has 2 aromatic carbocycles. The average Bonchev–Trinajstić information content (AvgIpc) is 2.59. The molecule has 0 spiro atoms. The molecule has 0 saturated heterocycles. The Morgan fingerprint density at radius 2 is 1.67 bits per heavy atom. The second-order valence-corrected chi connectivity index (χ2v) is 8.05. The summed E-state index contributed by atoms with van der Waals surface area (Å²) in [6.07, 6.45) is 0. The van der Waals surface area contributed by atoms with Crippen LogP contribution in [0.2, 0.25) is 0 Å². The van der Waals surface area contributed by atoms with Crippen molar-refractivity contribution in [1.82, 2.24) is 10.6 Å². The third kappa shape index (κ3) is 5.69. The van der Waals surface area contributed by atoms with Gasteiger partial charge in [-0.3, -0.25) is 0 Å². The Labute approximate surface area is 162 Å². The number of carbonyl (C=O) groups is 1. The molecule has 0 aliphatic carbocycles. The third-order valence-corrected chi connectivity index (χ3v) is 4.62. The summed E-state index contributed by atoms with van der Waals surface area (Å²) < 4.78 is 0. The van der Waals surface area contributed by atoms with Crippen LogP contribution in [0.5, 0.6) is 0 Å². The molecule has 0 atom stereocenters. The number of urea groups is 1. The minimum atomic E-state index is -0.869. The van der Waals surface area contributed by atoms with Crippen LogP contribution in [0.15, 0.2) is 55.1 Å². The molecule has 0 fully saturated rings. The van der Waals surface area contributed by atoms with E-state index in [2.05, 4.69) is 23.3 Å². The van der Waals surface area contributed by atoms with Crippen molar-refractivity contribution in [2.75, 3.05) is 0 Å². The van der Waals surface area contributed by atoms with Gasteiger partial charge < -0.3 is 15.7 Å². The second kappa shape index (κ2) is 7.97. The Morgan fingerprint density at radius 3 is 2.22 bits per heavy atom. The molecule has 4 heteroatoms. The molecule has 4 nitrogen and oxygen atoms in total. The number of benzene rings is 2. The summed E-state index contributed by atoms with van der Waals surface area (Å²) in [5, 5.41) is 15.9. The summed E-state index contributed by atoms with van der Waals surface area (Å²) >= 11 is 0. The number of hydrogen-bond donors (Lipinski definition) is 3. The first kappa shape index (κ1) is 20.7. The molecule has 2 rings (SSSR count). The molecular formula is C23H30N2O2. The molecule has 0 aliphatic heterocycles. The molecule has 0 bridgehead atoms. The number of aliphatic hydroxyl groups is 1. The van der Waals surface area contributed by atoms with Crippen molar-refractivity contribution in [3.63, 3.8) is 0 Å². The van der Waals surface area contributed by atoms with E-state index in [-0.39, 0.29) is 6.03 Å². The quantitative estimate of drug-likeness (QED) is 0.695. The zero-order valence-electron chi connectivity index (χ0n) is 16.9. The SMILES string of the molecule is C=C(C)c1cccc(C(C)(C)NC(=O)NCc2ccc(C(C)(C)O)cc2)c1. The number of carbonyl (C=O) groups excluding carboxylic acids is 1. The maximum atomic E-state index is 12.4. The summed E-state index contributed by atoms with van der Waals surface area (Å²) in [7, 11) is 0. The summed E-state index contributed by atoms with van der Waals surface area (Å²) in [5.41, 5.74) is 3.51. The van der Waals surface area contributed by atoms with E-state index in [9.17, 15) is 9.90 Å². The Kier molecular flexibility index (Phi) is 6.11. The number of hydrogen-bond acceptors (Lipinski definition) is 2. The van der Waals surface area contributed by atoms with Gasteiger partial charge in [0.05, 0.1) is 11.1 Å². The fourth-order valence-electron chi connectivity index (χ4n) is 2.79. The topological polar surface area (TPSA) is 61.4 Å². The molecule has 0 heterocycles. The van der Waals surface area contributed by atoms with Gasteiger partial charge >= 0.3 is 6.03 Å². The van der Waals surface area contributed by atoms with Gasteiger partial charge in [0.2, 0.25) is 0 Å². The van der Waals surface area contributed by atoms with E-state index in [1.807, 2.05) is 63.2 Å². The van der Waals surface area contributed by atoms with E-state index in [0.29, 0.717) is 6.54 Å². The fourth-order valence-corrected chi connectivity index (χ4v) is 2.79. The Hall–Kier alpha value is -2.59. The lowest BCUT2D eigenvalue weighted by Gasteiger charge is -2.27. The smallest absolute Gasteiger partial charge is 0.315 e. The number of rotatable bonds is 6. The van der Waals surface area contributed by atoms with Crippen LogP contribution in [-0.2, 0) is 17.7 Å². The number of allylic oxidation sites excluding steroid dienone is 1. The minimum Gasteiger partial charge on any atom is -0.386 e. The van der Waals surface area contributed by atoms with Crippen molar-refractivity contribution in [2.45, 2.75) is 52.3 Å². The van der Waals surface area contributed by atoms with E-state index in [4.69, 9.17) is 0 Å². The first-order valence-corrected chi connectivity index (χ1v) is 9.13. The lowest BCUT2D eigenvalue weighted by molar-refractivity contribution is 0.0786. The Bertz CT molecular complexity index is 815. The van der Waals surface area contributed by atoms with Crippen molar-refractivity contribution in [3.8, 4) is 0 Å². The van der Waals surface area contributed by atoms with Crippen LogP contribution < -0.4 is 10.6 Å². The van der Waals surface area contributed by atoms with Crippen LogP contribution in [0.1, 0.15) is 56.9 Å². The normalized spacial score (nSPS) is 11.8. The lowest BCUT2D eigenvalue weighted by Crippen LogP contribution is -2.46. The molecule has 0 aliphatic rings. The monoisotopic (exact) mass is 366 g/mol. The summed E-state index contributed by atoms with van der Waals surface area (Å²) in [6, 6.07) is 15.4. The Balaban J connectivity index is 1.98. The lowest BCUT2D eigenvalue weighted by atomic mass is 9.92. The first-order chi connectivity index (χ1) is 12.5. The van der Waals surface area contributed by atoms with Gasteiger partial charge in [0, 0.05) is 6.54 Å². The predicted molar refractivity (Wildman–Crippen MR) is 111 cm³/mol. The molecule has 0 aromatic heterocycles. The van der Waals surface area contributed by atoms with Gasteiger partial charge in [-0.1, -0.05) is 54.6 Å².